The number of aliphatic hydroxyl groups is 1. The minimum absolute atomic E-state index is 0.230. The van der Waals surface area contributed by atoms with Crippen molar-refractivity contribution in [3.05, 3.63) is 64.9 Å². The molecule has 1 aromatic carbocycles. The van der Waals surface area contributed by atoms with Crippen LogP contribution in [-0.2, 0) is 0 Å². The monoisotopic (exact) mass is 347 g/mol. The summed E-state index contributed by atoms with van der Waals surface area (Å²) in [6.45, 7) is 2.17. The molecule has 0 aliphatic rings. The van der Waals surface area contributed by atoms with Crippen LogP contribution in [0.15, 0.2) is 48.7 Å². The van der Waals surface area contributed by atoms with Crippen molar-refractivity contribution < 1.29 is 9.90 Å². The van der Waals surface area contributed by atoms with Crippen LogP contribution in [0.5, 0.6) is 0 Å². The summed E-state index contributed by atoms with van der Waals surface area (Å²) in [5.74, 6) is 0. The summed E-state index contributed by atoms with van der Waals surface area (Å²) in [7, 11) is 1.70. The molecule has 0 radical (unpaired) electrons. The molecular formula is C18H22ClN3O2. The molecule has 24 heavy (non-hydrogen) atoms. The molecular weight excluding hydrogens is 326 g/mol. The van der Waals surface area contributed by atoms with Gasteiger partial charge in [-0.2, -0.15) is 0 Å². The van der Waals surface area contributed by atoms with E-state index in [2.05, 4.69) is 10.3 Å². The quantitative estimate of drug-likeness (QED) is 0.843. The number of aromatic nitrogens is 1. The Balaban J connectivity index is 2.19. The molecule has 0 fully saturated rings. The number of aliphatic hydroxyl groups excluding tert-OH is 1. The molecule has 1 heterocycles. The third-order valence-corrected chi connectivity index (χ3v) is 3.90. The van der Waals surface area contributed by atoms with Crippen molar-refractivity contribution in [2.45, 2.75) is 25.5 Å². The maximum Gasteiger partial charge on any atom is 0.317 e. The highest BCUT2D eigenvalue weighted by Crippen LogP contribution is 2.23. The molecule has 2 N–H and O–H groups in total. The standard InChI is InChI=1S/C18H22ClN3O2/c1-13(23)9-11-22(2)18(24)21-17(16-8-3-4-10-20-16)14-6-5-7-15(19)12-14/h3-8,10,12-13,17,23H,9,11H2,1-2H3,(H,21,24). The van der Waals surface area contributed by atoms with Crippen LogP contribution in [0.25, 0.3) is 0 Å². The van der Waals surface area contributed by atoms with Crippen LogP contribution in [0.4, 0.5) is 4.79 Å². The molecule has 0 aliphatic carbocycles. The molecule has 2 rings (SSSR count). The number of halogens is 1. The lowest BCUT2D eigenvalue weighted by Crippen LogP contribution is -2.41. The normalized spacial score (nSPS) is 13.2. The van der Waals surface area contributed by atoms with E-state index >= 15 is 0 Å². The molecule has 2 amide bonds. The minimum Gasteiger partial charge on any atom is -0.393 e. The van der Waals surface area contributed by atoms with Crippen LogP contribution in [0.1, 0.15) is 30.6 Å². The first-order chi connectivity index (χ1) is 11.5. The van der Waals surface area contributed by atoms with Gasteiger partial charge in [0.25, 0.3) is 0 Å². The zero-order valence-corrected chi connectivity index (χ0v) is 14.6. The molecule has 5 nitrogen and oxygen atoms in total. The van der Waals surface area contributed by atoms with Crippen LogP contribution in [-0.4, -0.2) is 40.7 Å². The van der Waals surface area contributed by atoms with E-state index in [0.717, 1.165) is 11.3 Å². The molecule has 1 aromatic heterocycles. The van der Waals surface area contributed by atoms with Gasteiger partial charge in [0.2, 0.25) is 0 Å². The van der Waals surface area contributed by atoms with E-state index in [1.807, 2.05) is 36.4 Å². The van der Waals surface area contributed by atoms with Gasteiger partial charge in [-0.3, -0.25) is 4.98 Å². The number of carbonyl (C=O) groups excluding carboxylic acids is 1. The summed E-state index contributed by atoms with van der Waals surface area (Å²) in [4.78, 5) is 18.4. The number of benzene rings is 1. The van der Waals surface area contributed by atoms with Gasteiger partial charge in [-0.25, -0.2) is 4.79 Å². The van der Waals surface area contributed by atoms with Crippen LogP contribution >= 0.6 is 11.6 Å². The highest BCUT2D eigenvalue weighted by Gasteiger charge is 2.20. The molecule has 0 saturated heterocycles. The van der Waals surface area contributed by atoms with Gasteiger partial charge in [-0.05, 0) is 43.2 Å². The molecule has 0 bridgehead atoms. The molecule has 0 spiro atoms. The van der Waals surface area contributed by atoms with Crippen LogP contribution in [0, 0.1) is 0 Å². The molecule has 0 saturated carbocycles. The smallest absolute Gasteiger partial charge is 0.317 e. The molecule has 0 aliphatic heterocycles. The highest BCUT2D eigenvalue weighted by molar-refractivity contribution is 6.30. The topological polar surface area (TPSA) is 65.5 Å². The van der Waals surface area contributed by atoms with Gasteiger partial charge in [0, 0.05) is 24.8 Å². The zero-order chi connectivity index (χ0) is 17.5. The van der Waals surface area contributed by atoms with Crippen molar-refractivity contribution in [2.24, 2.45) is 0 Å². The number of nitrogens with zero attached hydrogens (tertiary/aromatic N) is 2. The van der Waals surface area contributed by atoms with E-state index in [1.165, 1.54) is 0 Å². The second-order valence-corrected chi connectivity index (χ2v) is 6.19. The molecule has 2 unspecified atom stereocenters. The first-order valence-electron chi connectivity index (χ1n) is 7.83. The number of hydrogen-bond acceptors (Lipinski definition) is 3. The summed E-state index contributed by atoms with van der Waals surface area (Å²) in [5, 5.41) is 13.0. The van der Waals surface area contributed by atoms with Crippen molar-refractivity contribution >= 4 is 17.6 Å². The van der Waals surface area contributed by atoms with E-state index in [-0.39, 0.29) is 6.03 Å². The third kappa shape index (κ3) is 5.22. The zero-order valence-electron chi connectivity index (χ0n) is 13.8. The number of rotatable bonds is 6. The summed E-state index contributed by atoms with van der Waals surface area (Å²) < 4.78 is 0. The van der Waals surface area contributed by atoms with Gasteiger partial charge in [-0.1, -0.05) is 29.8 Å². The van der Waals surface area contributed by atoms with Gasteiger partial charge >= 0.3 is 6.03 Å². The number of nitrogens with one attached hydrogen (secondary N) is 1. The lowest BCUT2D eigenvalue weighted by Gasteiger charge is -2.24. The molecule has 6 heteroatoms. The van der Waals surface area contributed by atoms with E-state index in [9.17, 15) is 9.90 Å². The number of urea groups is 1. The van der Waals surface area contributed by atoms with Gasteiger partial charge in [0.15, 0.2) is 0 Å². The summed E-state index contributed by atoms with van der Waals surface area (Å²) >= 11 is 6.09. The summed E-state index contributed by atoms with van der Waals surface area (Å²) in [6.07, 6.45) is 1.77. The predicted molar refractivity (Wildman–Crippen MR) is 95.0 cm³/mol. The fraction of sp³-hybridized carbons (Fsp3) is 0.333. The molecule has 128 valence electrons. The minimum atomic E-state index is -0.445. The second-order valence-electron chi connectivity index (χ2n) is 5.75. The Labute approximate surface area is 147 Å². The van der Waals surface area contributed by atoms with E-state index in [0.29, 0.717) is 18.0 Å². The fourth-order valence-corrected chi connectivity index (χ4v) is 2.48. The van der Waals surface area contributed by atoms with Crippen LogP contribution in [0.3, 0.4) is 0 Å². The predicted octanol–water partition coefficient (Wildman–Crippen LogP) is 3.24. The largest absolute Gasteiger partial charge is 0.393 e. The Morgan fingerprint density at radius 3 is 2.75 bits per heavy atom. The Morgan fingerprint density at radius 2 is 2.12 bits per heavy atom. The Hall–Kier alpha value is -2.11. The number of pyridine rings is 1. The van der Waals surface area contributed by atoms with E-state index in [1.54, 1.807) is 31.1 Å². The lowest BCUT2D eigenvalue weighted by molar-refractivity contribution is 0.162. The maximum atomic E-state index is 12.5. The fourth-order valence-electron chi connectivity index (χ4n) is 2.28. The van der Waals surface area contributed by atoms with Gasteiger partial charge in [0.1, 0.15) is 0 Å². The van der Waals surface area contributed by atoms with Crippen LogP contribution < -0.4 is 5.32 Å². The SMILES string of the molecule is CC(O)CCN(C)C(=O)NC(c1cccc(Cl)c1)c1ccccn1. The molecule has 2 atom stereocenters. The number of amides is 2. The lowest BCUT2D eigenvalue weighted by atomic mass is 10.0. The third-order valence-electron chi connectivity index (χ3n) is 3.66. The van der Waals surface area contributed by atoms with Gasteiger partial charge in [-0.15, -0.1) is 0 Å². The second kappa shape index (κ2) is 8.66. The van der Waals surface area contributed by atoms with E-state index < -0.39 is 12.1 Å². The Kier molecular flexibility index (Phi) is 6.58. The maximum absolute atomic E-state index is 12.5. The Bertz CT molecular complexity index is 664. The number of carbonyl (C=O) groups is 1. The summed E-state index contributed by atoms with van der Waals surface area (Å²) in [5.41, 5.74) is 1.59. The average Bonchev–Trinajstić information content (AvgIpc) is 2.58. The first kappa shape index (κ1) is 18.2. The van der Waals surface area contributed by atoms with Crippen molar-refractivity contribution in [1.29, 1.82) is 0 Å². The average molecular weight is 348 g/mol. The first-order valence-corrected chi connectivity index (χ1v) is 8.21. The van der Waals surface area contributed by atoms with Crippen molar-refractivity contribution in [1.82, 2.24) is 15.2 Å². The van der Waals surface area contributed by atoms with Gasteiger partial charge in [0.05, 0.1) is 17.8 Å². The van der Waals surface area contributed by atoms with Crippen molar-refractivity contribution in [3.63, 3.8) is 0 Å². The number of hydrogen-bond donors (Lipinski definition) is 2. The van der Waals surface area contributed by atoms with Crippen molar-refractivity contribution in [2.75, 3.05) is 13.6 Å². The van der Waals surface area contributed by atoms with Crippen LogP contribution in [0.2, 0.25) is 5.02 Å². The highest BCUT2D eigenvalue weighted by atomic mass is 35.5. The van der Waals surface area contributed by atoms with E-state index in [4.69, 9.17) is 11.6 Å². The van der Waals surface area contributed by atoms with Crippen molar-refractivity contribution in [3.8, 4) is 0 Å². The Morgan fingerprint density at radius 1 is 1.33 bits per heavy atom. The summed E-state index contributed by atoms with van der Waals surface area (Å²) in [6, 6.07) is 12.3. The van der Waals surface area contributed by atoms with Gasteiger partial charge < -0.3 is 15.3 Å². The molecule has 2 aromatic rings.